The molecule has 0 saturated carbocycles. The molecule has 0 aliphatic rings. The van der Waals surface area contributed by atoms with Crippen molar-refractivity contribution in [3.8, 4) is 0 Å². The van der Waals surface area contributed by atoms with E-state index in [0.717, 1.165) is 18.4 Å². The molecular weight excluding hydrogens is 368 g/mol. The van der Waals surface area contributed by atoms with Crippen molar-refractivity contribution in [1.82, 2.24) is 10.9 Å². The van der Waals surface area contributed by atoms with Crippen molar-refractivity contribution in [1.29, 1.82) is 0 Å². The standard InChI is InChI=1S/C23H28N2O4/c26-21(24-25-22(27)17-16-20-11-5-2-6-12-20)14-7-15-23(28)29-18-8-13-19-9-3-1-4-10-19/h1-6,9-12H,7-8,13-18H2,(H,24,26)(H,25,27). The second-order valence-corrected chi connectivity index (χ2v) is 6.75. The Morgan fingerprint density at radius 2 is 1.21 bits per heavy atom. The van der Waals surface area contributed by atoms with Gasteiger partial charge in [-0.1, -0.05) is 60.7 Å². The number of nitrogens with one attached hydrogen (secondary N) is 2. The quantitative estimate of drug-likeness (QED) is 0.347. The first-order chi connectivity index (χ1) is 14.1. The zero-order valence-electron chi connectivity index (χ0n) is 16.6. The number of esters is 1. The van der Waals surface area contributed by atoms with Gasteiger partial charge in [0, 0.05) is 19.3 Å². The number of carbonyl (C=O) groups excluding carboxylic acids is 3. The molecule has 2 rings (SSSR count). The number of hydrogen-bond donors (Lipinski definition) is 2. The van der Waals surface area contributed by atoms with Crippen molar-refractivity contribution in [2.45, 2.75) is 44.9 Å². The zero-order chi connectivity index (χ0) is 20.7. The summed E-state index contributed by atoms with van der Waals surface area (Å²) in [7, 11) is 0. The summed E-state index contributed by atoms with van der Waals surface area (Å²) < 4.78 is 5.18. The van der Waals surface area contributed by atoms with Crippen molar-refractivity contribution in [3.05, 3.63) is 71.8 Å². The van der Waals surface area contributed by atoms with Crippen molar-refractivity contribution in [3.63, 3.8) is 0 Å². The normalized spacial score (nSPS) is 10.2. The van der Waals surface area contributed by atoms with Crippen LogP contribution in [0.15, 0.2) is 60.7 Å². The van der Waals surface area contributed by atoms with Crippen LogP contribution in [-0.4, -0.2) is 24.4 Å². The van der Waals surface area contributed by atoms with Crippen LogP contribution in [0, 0.1) is 0 Å². The van der Waals surface area contributed by atoms with Crippen LogP contribution in [0.2, 0.25) is 0 Å². The summed E-state index contributed by atoms with van der Waals surface area (Å²) in [5.41, 5.74) is 7.05. The molecule has 0 aromatic heterocycles. The predicted molar refractivity (Wildman–Crippen MR) is 111 cm³/mol. The second-order valence-electron chi connectivity index (χ2n) is 6.75. The van der Waals surface area contributed by atoms with Crippen molar-refractivity contribution < 1.29 is 19.1 Å². The van der Waals surface area contributed by atoms with E-state index in [1.54, 1.807) is 0 Å². The Morgan fingerprint density at radius 1 is 0.655 bits per heavy atom. The highest BCUT2D eigenvalue weighted by Crippen LogP contribution is 2.04. The van der Waals surface area contributed by atoms with Gasteiger partial charge in [0.2, 0.25) is 11.8 Å². The number of hydrogen-bond acceptors (Lipinski definition) is 4. The number of rotatable bonds is 11. The molecular formula is C23H28N2O4. The molecule has 6 heteroatoms. The average Bonchev–Trinajstić information content (AvgIpc) is 2.75. The second kappa shape index (κ2) is 13.1. The van der Waals surface area contributed by atoms with Crippen molar-refractivity contribution >= 4 is 17.8 Å². The highest BCUT2D eigenvalue weighted by atomic mass is 16.5. The minimum Gasteiger partial charge on any atom is -0.466 e. The van der Waals surface area contributed by atoms with Gasteiger partial charge in [-0.2, -0.15) is 0 Å². The van der Waals surface area contributed by atoms with Crippen LogP contribution in [0.3, 0.4) is 0 Å². The third-order valence-electron chi connectivity index (χ3n) is 4.33. The molecule has 2 aromatic rings. The van der Waals surface area contributed by atoms with Crippen LogP contribution in [0.5, 0.6) is 0 Å². The lowest BCUT2D eigenvalue weighted by Gasteiger charge is -2.08. The minimum atomic E-state index is -0.324. The molecule has 6 nitrogen and oxygen atoms in total. The highest BCUT2D eigenvalue weighted by molar-refractivity contribution is 5.82. The maximum absolute atomic E-state index is 11.8. The molecule has 0 fully saturated rings. The summed E-state index contributed by atoms with van der Waals surface area (Å²) in [6.07, 6.45) is 3.24. The van der Waals surface area contributed by atoms with Gasteiger partial charge in [0.15, 0.2) is 0 Å². The van der Waals surface area contributed by atoms with Gasteiger partial charge in [0.25, 0.3) is 0 Å². The summed E-state index contributed by atoms with van der Waals surface area (Å²) in [5, 5.41) is 0. The van der Waals surface area contributed by atoms with Crippen molar-refractivity contribution in [2.75, 3.05) is 6.61 Å². The Hall–Kier alpha value is -3.15. The van der Waals surface area contributed by atoms with E-state index < -0.39 is 0 Å². The molecule has 29 heavy (non-hydrogen) atoms. The highest BCUT2D eigenvalue weighted by Gasteiger charge is 2.08. The summed E-state index contributed by atoms with van der Waals surface area (Å²) in [6.45, 7) is 0.372. The van der Waals surface area contributed by atoms with Gasteiger partial charge in [-0.15, -0.1) is 0 Å². The third-order valence-corrected chi connectivity index (χ3v) is 4.33. The fourth-order valence-electron chi connectivity index (χ4n) is 2.74. The summed E-state index contributed by atoms with van der Waals surface area (Å²) >= 11 is 0. The van der Waals surface area contributed by atoms with E-state index in [1.807, 2.05) is 60.7 Å². The number of carbonyl (C=O) groups is 3. The number of benzene rings is 2. The van der Waals surface area contributed by atoms with E-state index in [2.05, 4.69) is 10.9 Å². The largest absolute Gasteiger partial charge is 0.466 e. The van der Waals surface area contributed by atoms with Gasteiger partial charge in [0.05, 0.1) is 6.61 Å². The Kier molecular flexibility index (Phi) is 10.0. The molecule has 0 saturated heterocycles. The zero-order valence-corrected chi connectivity index (χ0v) is 16.6. The van der Waals surface area contributed by atoms with Crippen LogP contribution >= 0.6 is 0 Å². The molecule has 0 spiro atoms. The molecule has 0 atom stereocenters. The van der Waals surface area contributed by atoms with Gasteiger partial charge in [-0.25, -0.2) is 0 Å². The Bertz CT molecular complexity index is 763. The number of ether oxygens (including phenoxy) is 1. The molecule has 0 aliphatic heterocycles. The van der Waals surface area contributed by atoms with E-state index >= 15 is 0 Å². The summed E-state index contributed by atoms with van der Waals surface area (Å²) in [5.74, 6) is -0.882. The maximum atomic E-state index is 11.8. The minimum absolute atomic E-state index is 0.151. The van der Waals surface area contributed by atoms with Crippen LogP contribution in [0.4, 0.5) is 0 Å². The smallest absolute Gasteiger partial charge is 0.305 e. The van der Waals surface area contributed by atoms with E-state index in [9.17, 15) is 14.4 Å². The fraction of sp³-hybridized carbons (Fsp3) is 0.348. The van der Waals surface area contributed by atoms with E-state index in [0.29, 0.717) is 25.9 Å². The van der Waals surface area contributed by atoms with Crippen LogP contribution in [0.1, 0.15) is 43.2 Å². The Labute approximate surface area is 171 Å². The lowest BCUT2D eigenvalue weighted by molar-refractivity contribution is -0.144. The van der Waals surface area contributed by atoms with Crippen LogP contribution in [0.25, 0.3) is 0 Å². The average molecular weight is 396 g/mol. The SMILES string of the molecule is O=C(CCCC(=O)OCCCc1ccccc1)NNC(=O)CCc1ccccc1. The fourth-order valence-corrected chi connectivity index (χ4v) is 2.74. The van der Waals surface area contributed by atoms with Gasteiger partial charge >= 0.3 is 5.97 Å². The third kappa shape index (κ3) is 10.1. The van der Waals surface area contributed by atoms with Gasteiger partial charge in [-0.05, 0) is 36.8 Å². The monoisotopic (exact) mass is 396 g/mol. The van der Waals surface area contributed by atoms with Gasteiger partial charge in [-0.3, -0.25) is 25.2 Å². The summed E-state index contributed by atoms with van der Waals surface area (Å²) in [4.78, 5) is 35.2. The van der Waals surface area contributed by atoms with E-state index in [-0.39, 0.29) is 30.6 Å². The Balaban J connectivity index is 1.47. The lowest BCUT2D eigenvalue weighted by Crippen LogP contribution is -2.41. The number of aryl methyl sites for hydroxylation is 2. The molecule has 0 aliphatic carbocycles. The molecule has 154 valence electrons. The van der Waals surface area contributed by atoms with E-state index in [1.165, 1.54) is 5.56 Å². The number of hydrazine groups is 1. The molecule has 2 aromatic carbocycles. The first-order valence-electron chi connectivity index (χ1n) is 9.94. The van der Waals surface area contributed by atoms with Crippen LogP contribution < -0.4 is 10.9 Å². The van der Waals surface area contributed by atoms with Gasteiger partial charge < -0.3 is 4.74 Å². The topological polar surface area (TPSA) is 84.5 Å². The first-order valence-corrected chi connectivity index (χ1v) is 9.94. The van der Waals surface area contributed by atoms with Crippen molar-refractivity contribution in [2.24, 2.45) is 0 Å². The molecule has 0 unspecified atom stereocenters. The molecule has 2 amide bonds. The van der Waals surface area contributed by atoms with Gasteiger partial charge in [0.1, 0.15) is 0 Å². The lowest BCUT2D eigenvalue weighted by atomic mass is 10.1. The van der Waals surface area contributed by atoms with E-state index in [4.69, 9.17) is 4.74 Å². The summed E-state index contributed by atoms with van der Waals surface area (Å²) in [6, 6.07) is 19.7. The maximum Gasteiger partial charge on any atom is 0.305 e. The molecule has 0 bridgehead atoms. The predicted octanol–water partition coefficient (Wildman–Crippen LogP) is 3.11. The molecule has 0 heterocycles. The number of amides is 2. The van der Waals surface area contributed by atoms with Crippen LogP contribution in [-0.2, 0) is 32.0 Å². The molecule has 2 N–H and O–H groups in total. The molecule has 0 radical (unpaired) electrons. The first kappa shape index (κ1) is 22.1. The Morgan fingerprint density at radius 3 is 1.83 bits per heavy atom.